The number of amides is 2. The number of urea groups is 1. The predicted molar refractivity (Wildman–Crippen MR) is 133 cm³/mol. The predicted octanol–water partition coefficient (Wildman–Crippen LogP) is 5.16. The van der Waals surface area contributed by atoms with Crippen LogP contribution in [0.2, 0.25) is 0 Å². The van der Waals surface area contributed by atoms with Gasteiger partial charge < -0.3 is 4.90 Å². The second-order valence-electron chi connectivity index (χ2n) is 11.1. The van der Waals surface area contributed by atoms with Crippen LogP contribution in [0, 0.1) is 16.7 Å². The van der Waals surface area contributed by atoms with Gasteiger partial charge in [-0.05, 0) is 75.7 Å². The molecule has 0 atom stereocenters. The molecule has 1 aliphatic heterocycles. The van der Waals surface area contributed by atoms with Gasteiger partial charge in [0.05, 0.1) is 24.0 Å². The van der Waals surface area contributed by atoms with Gasteiger partial charge in [-0.3, -0.25) is 9.80 Å². The Labute approximate surface area is 203 Å². The normalized spacial score (nSPS) is 28.3. The number of aromatic nitrogens is 1. The van der Waals surface area contributed by atoms with Crippen LogP contribution in [0.1, 0.15) is 63.1 Å². The van der Waals surface area contributed by atoms with E-state index in [1.807, 2.05) is 11.0 Å². The summed E-state index contributed by atoms with van der Waals surface area (Å²) >= 11 is 0. The first kappa shape index (κ1) is 22.9. The lowest BCUT2D eigenvalue weighted by Gasteiger charge is -2.53. The molecule has 3 aliphatic rings. The van der Waals surface area contributed by atoms with Crippen molar-refractivity contribution in [2.75, 3.05) is 32.1 Å². The average Bonchev–Trinajstić information content (AvgIpc) is 3.10. The summed E-state index contributed by atoms with van der Waals surface area (Å²) in [7, 11) is 4.37. The number of carbonyl (C=O) groups excluding carboxylic acids is 1. The van der Waals surface area contributed by atoms with Crippen LogP contribution in [0.15, 0.2) is 48.7 Å². The number of benzene rings is 1. The minimum atomic E-state index is -0.169. The molecule has 1 aromatic carbocycles. The van der Waals surface area contributed by atoms with Crippen molar-refractivity contribution in [2.24, 2.45) is 5.41 Å². The van der Waals surface area contributed by atoms with Crippen molar-refractivity contribution in [2.45, 2.75) is 62.9 Å². The maximum atomic E-state index is 13.9. The number of anilines is 1. The number of rotatable bonds is 5. The van der Waals surface area contributed by atoms with Gasteiger partial charge in [-0.2, -0.15) is 5.26 Å². The van der Waals surface area contributed by atoms with E-state index in [9.17, 15) is 4.79 Å². The molecule has 0 unspecified atom stereocenters. The molecule has 1 spiro atoms. The fourth-order valence-corrected chi connectivity index (χ4v) is 6.46. The third kappa shape index (κ3) is 3.67. The second-order valence-corrected chi connectivity index (χ2v) is 11.1. The molecule has 6 nitrogen and oxygen atoms in total. The molecule has 2 aromatic rings. The highest BCUT2D eigenvalue weighted by Gasteiger charge is 2.56. The summed E-state index contributed by atoms with van der Waals surface area (Å²) in [4.78, 5) is 24.6. The first-order valence-corrected chi connectivity index (χ1v) is 12.5. The van der Waals surface area contributed by atoms with E-state index in [2.05, 4.69) is 72.2 Å². The molecule has 1 aromatic heterocycles. The maximum Gasteiger partial charge on any atom is 0.325 e. The van der Waals surface area contributed by atoms with Crippen molar-refractivity contribution >= 4 is 11.7 Å². The molecular formula is C28H35N5O. The number of hydrogen-bond acceptors (Lipinski definition) is 4. The van der Waals surface area contributed by atoms with Crippen molar-refractivity contribution in [3.05, 3.63) is 59.9 Å². The van der Waals surface area contributed by atoms with Gasteiger partial charge in [0, 0.05) is 12.1 Å². The Morgan fingerprint density at radius 3 is 2.26 bits per heavy atom. The highest BCUT2D eigenvalue weighted by Crippen LogP contribution is 2.51. The zero-order valence-electron chi connectivity index (χ0n) is 20.6. The van der Waals surface area contributed by atoms with Crippen molar-refractivity contribution in [1.29, 1.82) is 5.26 Å². The van der Waals surface area contributed by atoms with Gasteiger partial charge in [0.15, 0.2) is 0 Å². The Morgan fingerprint density at radius 2 is 1.74 bits per heavy atom. The molecule has 5 rings (SSSR count). The topological polar surface area (TPSA) is 63.5 Å². The average molecular weight is 458 g/mol. The molecule has 0 N–H and O–H groups in total. The lowest BCUT2D eigenvalue weighted by Crippen LogP contribution is -2.57. The molecule has 2 heterocycles. The minimum absolute atomic E-state index is 0.00891. The van der Waals surface area contributed by atoms with Gasteiger partial charge in [-0.25, -0.2) is 9.78 Å². The Hall–Kier alpha value is -2.91. The van der Waals surface area contributed by atoms with E-state index in [1.54, 1.807) is 12.3 Å². The monoisotopic (exact) mass is 457 g/mol. The summed E-state index contributed by atoms with van der Waals surface area (Å²) in [5.74, 6) is 0. The molecule has 3 fully saturated rings. The molecule has 0 radical (unpaired) electrons. The molecule has 34 heavy (non-hydrogen) atoms. The summed E-state index contributed by atoms with van der Waals surface area (Å²) in [6.07, 6.45) is 9.30. The fourth-order valence-electron chi connectivity index (χ4n) is 6.46. The maximum absolute atomic E-state index is 13.9. The molecule has 0 bridgehead atoms. The third-order valence-electron chi connectivity index (χ3n) is 8.94. The summed E-state index contributed by atoms with van der Waals surface area (Å²) in [5.41, 5.74) is 2.57. The zero-order valence-corrected chi connectivity index (χ0v) is 20.6. The van der Waals surface area contributed by atoms with Gasteiger partial charge >= 0.3 is 6.03 Å². The molecule has 6 heteroatoms. The van der Waals surface area contributed by atoms with Crippen molar-refractivity contribution in [3.63, 3.8) is 0 Å². The van der Waals surface area contributed by atoms with Crippen LogP contribution in [-0.4, -0.2) is 53.5 Å². The molecule has 1 saturated heterocycles. The largest absolute Gasteiger partial charge is 0.325 e. The van der Waals surface area contributed by atoms with Gasteiger partial charge in [-0.1, -0.05) is 43.7 Å². The van der Waals surface area contributed by atoms with E-state index in [0.29, 0.717) is 12.2 Å². The number of hydrogen-bond donors (Lipinski definition) is 0. The summed E-state index contributed by atoms with van der Waals surface area (Å²) < 4.78 is 0. The van der Waals surface area contributed by atoms with E-state index >= 15 is 0 Å². The molecular weight excluding hydrogens is 422 g/mol. The summed E-state index contributed by atoms with van der Waals surface area (Å²) in [6, 6.07) is 16.6. The lowest BCUT2D eigenvalue weighted by molar-refractivity contribution is 0.000420. The van der Waals surface area contributed by atoms with Crippen LogP contribution in [0.3, 0.4) is 0 Å². The molecule has 2 amide bonds. The van der Waals surface area contributed by atoms with Gasteiger partial charge in [-0.15, -0.1) is 0 Å². The number of nitrogens with zero attached hydrogens (tertiary/aromatic N) is 5. The number of nitriles is 1. The fraction of sp³-hybridized carbons (Fsp3) is 0.536. The number of carbonyl (C=O) groups is 1. The first-order chi connectivity index (χ1) is 16.3. The highest BCUT2D eigenvalue weighted by atomic mass is 16.2. The third-order valence-corrected chi connectivity index (χ3v) is 8.94. The van der Waals surface area contributed by atoms with E-state index < -0.39 is 0 Å². The van der Waals surface area contributed by atoms with Crippen LogP contribution in [-0.2, 0) is 5.54 Å². The van der Waals surface area contributed by atoms with E-state index in [4.69, 9.17) is 5.26 Å². The van der Waals surface area contributed by atoms with Gasteiger partial charge in [0.2, 0.25) is 0 Å². The SMILES string of the molecule is CN(C)[C@]1(c2ccccc2)CC[C@]2(CC1)CN(c1ccc(C#N)nc1)C(=O)N2CC1(C)CCC1. The second kappa shape index (κ2) is 8.39. The van der Waals surface area contributed by atoms with E-state index in [1.165, 1.54) is 24.8 Å². The standard InChI is InChI=1S/C28H35N5O/c1-26(12-7-13-26)20-33-25(34)32(24-11-10-23(18-29)30-19-24)21-27(33)14-16-28(17-15-27,31(2)3)22-8-5-4-6-9-22/h4-6,8-11,19H,7,12-17,20-21H2,1-3H3/t27-,28+. The molecule has 2 saturated carbocycles. The van der Waals surface area contributed by atoms with Crippen LogP contribution >= 0.6 is 0 Å². The Bertz CT molecular complexity index is 1080. The quantitative estimate of drug-likeness (QED) is 0.622. The molecule has 2 aliphatic carbocycles. The van der Waals surface area contributed by atoms with Crippen molar-refractivity contribution in [1.82, 2.24) is 14.8 Å². The smallest absolute Gasteiger partial charge is 0.316 e. The van der Waals surface area contributed by atoms with Crippen molar-refractivity contribution < 1.29 is 4.79 Å². The number of pyridine rings is 1. The van der Waals surface area contributed by atoms with Gasteiger partial charge in [0.25, 0.3) is 0 Å². The molecule has 178 valence electrons. The first-order valence-electron chi connectivity index (χ1n) is 12.5. The minimum Gasteiger partial charge on any atom is -0.316 e. The van der Waals surface area contributed by atoms with Crippen molar-refractivity contribution in [3.8, 4) is 6.07 Å². The van der Waals surface area contributed by atoms with Crippen LogP contribution in [0.25, 0.3) is 0 Å². The van der Waals surface area contributed by atoms with Crippen LogP contribution < -0.4 is 4.90 Å². The Kier molecular flexibility index (Phi) is 5.64. The van der Waals surface area contributed by atoms with Crippen LogP contribution in [0.4, 0.5) is 10.5 Å². The highest BCUT2D eigenvalue weighted by molar-refractivity contribution is 5.95. The Morgan fingerprint density at radius 1 is 1.03 bits per heavy atom. The van der Waals surface area contributed by atoms with Crippen LogP contribution in [0.5, 0.6) is 0 Å². The van der Waals surface area contributed by atoms with E-state index in [-0.39, 0.29) is 22.5 Å². The van der Waals surface area contributed by atoms with Gasteiger partial charge in [0.1, 0.15) is 11.8 Å². The zero-order chi connectivity index (χ0) is 24.0. The summed E-state index contributed by atoms with van der Waals surface area (Å²) in [6.45, 7) is 3.85. The van der Waals surface area contributed by atoms with E-state index in [0.717, 1.165) is 37.9 Å². The lowest BCUT2D eigenvalue weighted by atomic mass is 9.66. The summed E-state index contributed by atoms with van der Waals surface area (Å²) in [5, 5.41) is 9.13. The Balaban J connectivity index is 1.46.